The first-order valence-corrected chi connectivity index (χ1v) is 8.42. The Kier molecular flexibility index (Phi) is 5.86. The van der Waals surface area contributed by atoms with Crippen molar-refractivity contribution in [3.8, 4) is 0 Å². The van der Waals surface area contributed by atoms with E-state index in [1.807, 2.05) is 13.0 Å². The molecule has 1 aromatic carbocycles. The zero-order valence-electron chi connectivity index (χ0n) is 13.8. The first-order chi connectivity index (χ1) is 11.3. The number of carbonyl (C=O) groups excluding carboxylic acids is 2. The quantitative estimate of drug-likeness (QED) is 0.692. The van der Waals surface area contributed by atoms with Crippen molar-refractivity contribution >= 4 is 40.8 Å². The third kappa shape index (κ3) is 5.02. The van der Waals surface area contributed by atoms with E-state index in [9.17, 15) is 9.59 Å². The standard InChI is InChI=1S/C16H20N4O3S/c1-9-4-5-12(17)7-13(9)18-15(21)8-24-11(3)16(22)19-14-6-10(2)23-20-14/h4-7,11H,8,17H2,1-3H3,(H,18,21)(H,19,20,22). The van der Waals surface area contributed by atoms with E-state index < -0.39 is 5.25 Å². The van der Waals surface area contributed by atoms with Crippen molar-refractivity contribution in [1.82, 2.24) is 5.16 Å². The number of thioether (sulfide) groups is 1. The molecule has 1 atom stereocenters. The molecule has 0 saturated carbocycles. The van der Waals surface area contributed by atoms with Crippen LogP contribution in [0.5, 0.6) is 0 Å². The Bertz CT molecular complexity index is 745. The Balaban J connectivity index is 1.82. The second-order valence-electron chi connectivity index (χ2n) is 5.39. The molecule has 2 amide bonds. The van der Waals surface area contributed by atoms with Crippen LogP contribution < -0.4 is 16.4 Å². The van der Waals surface area contributed by atoms with Gasteiger partial charge in [0.15, 0.2) is 5.82 Å². The molecule has 0 spiro atoms. The SMILES string of the molecule is Cc1cc(NC(=O)C(C)SCC(=O)Nc2cc(N)ccc2C)no1. The molecule has 1 heterocycles. The van der Waals surface area contributed by atoms with Crippen molar-refractivity contribution in [1.29, 1.82) is 0 Å². The van der Waals surface area contributed by atoms with E-state index in [1.165, 1.54) is 11.8 Å². The highest BCUT2D eigenvalue weighted by Gasteiger charge is 2.17. The van der Waals surface area contributed by atoms with E-state index in [0.29, 0.717) is 23.0 Å². The summed E-state index contributed by atoms with van der Waals surface area (Å²) in [7, 11) is 0. The summed E-state index contributed by atoms with van der Waals surface area (Å²) in [6.45, 7) is 5.35. The van der Waals surface area contributed by atoms with Crippen LogP contribution in [0.15, 0.2) is 28.8 Å². The smallest absolute Gasteiger partial charge is 0.238 e. The second-order valence-corrected chi connectivity index (χ2v) is 6.72. The molecular formula is C16H20N4O3S. The fraction of sp³-hybridized carbons (Fsp3) is 0.312. The van der Waals surface area contributed by atoms with E-state index in [-0.39, 0.29) is 17.6 Å². The van der Waals surface area contributed by atoms with Crippen LogP contribution in [0.3, 0.4) is 0 Å². The largest absolute Gasteiger partial charge is 0.399 e. The van der Waals surface area contributed by atoms with Crippen molar-refractivity contribution in [2.45, 2.75) is 26.0 Å². The number of hydrogen-bond donors (Lipinski definition) is 3. The number of hydrogen-bond acceptors (Lipinski definition) is 6. The van der Waals surface area contributed by atoms with Crippen LogP contribution in [-0.2, 0) is 9.59 Å². The predicted molar refractivity (Wildman–Crippen MR) is 96.0 cm³/mol. The number of nitrogens with two attached hydrogens (primary N) is 1. The van der Waals surface area contributed by atoms with Gasteiger partial charge in [-0.3, -0.25) is 9.59 Å². The number of anilines is 3. The van der Waals surface area contributed by atoms with Gasteiger partial charge in [-0.05, 0) is 38.5 Å². The lowest BCUT2D eigenvalue weighted by molar-refractivity contribution is -0.115. The minimum Gasteiger partial charge on any atom is -0.399 e. The maximum atomic E-state index is 12.0. The van der Waals surface area contributed by atoms with E-state index in [1.54, 1.807) is 32.0 Å². The first kappa shape index (κ1) is 17.9. The Morgan fingerprint density at radius 3 is 2.71 bits per heavy atom. The van der Waals surface area contributed by atoms with Crippen molar-refractivity contribution in [3.63, 3.8) is 0 Å². The Hall–Kier alpha value is -2.48. The van der Waals surface area contributed by atoms with Crippen molar-refractivity contribution in [2.75, 3.05) is 22.1 Å². The molecule has 8 heteroatoms. The number of nitrogens with one attached hydrogen (secondary N) is 2. The van der Waals surface area contributed by atoms with Gasteiger partial charge in [0.05, 0.1) is 11.0 Å². The summed E-state index contributed by atoms with van der Waals surface area (Å²) in [5.74, 6) is 0.708. The summed E-state index contributed by atoms with van der Waals surface area (Å²) in [6.07, 6.45) is 0. The van der Waals surface area contributed by atoms with Gasteiger partial charge in [-0.1, -0.05) is 11.2 Å². The van der Waals surface area contributed by atoms with Gasteiger partial charge in [0.25, 0.3) is 0 Å². The lowest BCUT2D eigenvalue weighted by atomic mass is 10.2. The van der Waals surface area contributed by atoms with Crippen LogP contribution in [0.1, 0.15) is 18.2 Å². The third-order valence-corrected chi connectivity index (χ3v) is 4.39. The van der Waals surface area contributed by atoms with Gasteiger partial charge in [-0.25, -0.2) is 0 Å². The molecule has 0 saturated heterocycles. The van der Waals surface area contributed by atoms with Crippen molar-refractivity contribution < 1.29 is 14.1 Å². The van der Waals surface area contributed by atoms with Gasteiger partial charge in [0, 0.05) is 17.4 Å². The van der Waals surface area contributed by atoms with Crippen LogP contribution >= 0.6 is 11.8 Å². The van der Waals surface area contributed by atoms with Crippen LogP contribution in [0.4, 0.5) is 17.2 Å². The van der Waals surface area contributed by atoms with E-state index in [2.05, 4.69) is 15.8 Å². The highest BCUT2D eigenvalue weighted by Crippen LogP contribution is 2.19. The molecule has 2 rings (SSSR count). The van der Waals surface area contributed by atoms with Gasteiger partial charge in [-0.15, -0.1) is 11.8 Å². The average Bonchev–Trinajstić information content (AvgIpc) is 2.93. The highest BCUT2D eigenvalue weighted by molar-refractivity contribution is 8.01. The summed E-state index contributed by atoms with van der Waals surface area (Å²) in [4.78, 5) is 24.1. The van der Waals surface area contributed by atoms with Gasteiger partial charge in [0.1, 0.15) is 5.76 Å². The van der Waals surface area contributed by atoms with Gasteiger partial charge in [-0.2, -0.15) is 0 Å². The fourth-order valence-electron chi connectivity index (χ4n) is 1.89. The van der Waals surface area contributed by atoms with Crippen LogP contribution in [-0.4, -0.2) is 28.0 Å². The summed E-state index contributed by atoms with van der Waals surface area (Å²) in [6, 6.07) is 6.96. The molecule has 0 aliphatic heterocycles. The second kappa shape index (κ2) is 7.87. The maximum absolute atomic E-state index is 12.0. The Morgan fingerprint density at radius 1 is 1.29 bits per heavy atom. The van der Waals surface area contributed by atoms with Crippen molar-refractivity contribution in [3.05, 3.63) is 35.6 Å². The summed E-state index contributed by atoms with van der Waals surface area (Å²) < 4.78 is 4.88. The number of benzene rings is 1. The molecule has 0 radical (unpaired) electrons. The number of carbonyl (C=O) groups is 2. The highest BCUT2D eigenvalue weighted by atomic mass is 32.2. The first-order valence-electron chi connectivity index (χ1n) is 7.37. The molecule has 24 heavy (non-hydrogen) atoms. The molecule has 7 nitrogen and oxygen atoms in total. The predicted octanol–water partition coefficient (Wildman–Crippen LogP) is 2.57. The molecule has 0 bridgehead atoms. The number of rotatable bonds is 6. The molecule has 2 aromatic rings. The van der Waals surface area contributed by atoms with Crippen LogP contribution in [0.25, 0.3) is 0 Å². The molecule has 0 aliphatic carbocycles. The van der Waals surface area contributed by atoms with Crippen LogP contribution in [0, 0.1) is 13.8 Å². The van der Waals surface area contributed by atoms with Crippen molar-refractivity contribution in [2.24, 2.45) is 0 Å². The van der Waals surface area contributed by atoms with E-state index in [0.717, 1.165) is 5.56 Å². The Morgan fingerprint density at radius 2 is 2.04 bits per heavy atom. The van der Waals surface area contributed by atoms with Crippen LogP contribution in [0.2, 0.25) is 0 Å². The number of nitrogens with zero attached hydrogens (tertiary/aromatic N) is 1. The van der Waals surface area contributed by atoms with Gasteiger partial charge < -0.3 is 20.9 Å². The lowest BCUT2D eigenvalue weighted by Gasteiger charge is -2.12. The molecule has 1 unspecified atom stereocenters. The molecule has 0 fully saturated rings. The third-order valence-electron chi connectivity index (χ3n) is 3.25. The lowest BCUT2D eigenvalue weighted by Crippen LogP contribution is -2.25. The summed E-state index contributed by atoms with van der Waals surface area (Å²) in [5.41, 5.74) is 7.90. The Labute approximate surface area is 144 Å². The zero-order valence-corrected chi connectivity index (χ0v) is 14.6. The minimum atomic E-state index is -0.408. The topological polar surface area (TPSA) is 110 Å². The van der Waals surface area contributed by atoms with E-state index >= 15 is 0 Å². The molecule has 128 valence electrons. The average molecular weight is 348 g/mol. The summed E-state index contributed by atoms with van der Waals surface area (Å²) >= 11 is 1.23. The maximum Gasteiger partial charge on any atom is 0.238 e. The van der Waals surface area contributed by atoms with E-state index in [4.69, 9.17) is 10.3 Å². The van der Waals surface area contributed by atoms with Gasteiger partial charge in [0.2, 0.25) is 11.8 Å². The molecule has 0 aliphatic rings. The number of nitrogen functional groups attached to an aromatic ring is 1. The zero-order chi connectivity index (χ0) is 17.7. The minimum absolute atomic E-state index is 0.153. The molecule has 4 N–H and O–H groups in total. The monoisotopic (exact) mass is 348 g/mol. The fourth-order valence-corrected chi connectivity index (χ4v) is 2.57. The molecule has 1 aromatic heterocycles. The number of amides is 2. The molecular weight excluding hydrogens is 328 g/mol. The number of aryl methyl sites for hydroxylation is 2. The summed E-state index contributed by atoms with van der Waals surface area (Å²) in [5, 5.41) is 8.73. The van der Waals surface area contributed by atoms with Gasteiger partial charge >= 0.3 is 0 Å². The normalized spacial score (nSPS) is 11.8. The number of aromatic nitrogens is 1.